The summed E-state index contributed by atoms with van der Waals surface area (Å²) in [6, 6.07) is -0.374. The Morgan fingerprint density at radius 2 is 1.88 bits per heavy atom. The lowest BCUT2D eigenvalue weighted by Crippen LogP contribution is -2.29. The van der Waals surface area contributed by atoms with Crippen LogP contribution in [0.25, 0.3) is 0 Å². The van der Waals surface area contributed by atoms with Crippen LogP contribution in [0.5, 0.6) is 0 Å². The van der Waals surface area contributed by atoms with E-state index in [1.165, 1.54) is 0 Å². The minimum absolute atomic E-state index is 0.161. The standard InChI is InChI=1S/C9H11N5O2/c15-6(16)5-14-7(8-10-1-2-11-8)9-12-3-4-13-9/h1-4,7,14H,5H2,(H,10,11)(H,12,13)(H,15,16). The van der Waals surface area contributed by atoms with Gasteiger partial charge >= 0.3 is 5.97 Å². The van der Waals surface area contributed by atoms with Gasteiger partial charge in [-0.15, -0.1) is 0 Å². The molecular weight excluding hydrogens is 210 g/mol. The number of hydrogen-bond acceptors (Lipinski definition) is 4. The molecule has 2 rings (SSSR count). The van der Waals surface area contributed by atoms with Crippen molar-refractivity contribution < 1.29 is 9.90 Å². The molecule has 0 radical (unpaired) electrons. The fourth-order valence-electron chi connectivity index (χ4n) is 1.38. The van der Waals surface area contributed by atoms with Crippen molar-refractivity contribution in [2.75, 3.05) is 6.54 Å². The average Bonchev–Trinajstić information content (AvgIpc) is 2.88. The summed E-state index contributed by atoms with van der Waals surface area (Å²) in [7, 11) is 0. The fraction of sp³-hybridized carbons (Fsp3) is 0.222. The third-order valence-corrected chi connectivity index (χ3v) is 2.04. The Hall–Kier alpha value is -2.15. The number of H-pyrrole nitrogens is 2. The van der Waals surface area contributed by atoms with Crippen LogP contribution in [0.15, 0.2) is 24.8 Å². The molecule has 0 unspecified atom stereocenters. The molecule has 4 N–H and O–H groups in total. The predicted molar refractivity (Wildman–Crippen MR) is 54.7 cm³/mol. The summed E-state index contributed by atoms with van der Waals surface area (Å²) in [6.45, 7) is -0.161. The van der Waals surface area contributed by atoms with Crippen molar-refractivity contribution in [2.24, 2.45) is 0 Å². The first-order valence-corrected chi connectivity index (χ1v) is 4.71. The summed E-state index contributed by atoms with van der Waals surface area (Å²) >= 11 is 0. The highest BCUT2D eigenvalue weighted by atomic mass is 16.4. The zero-order chi connectivity index (χ0) is 11.4. The van der Waals surface area contributed by atoms with E-state index in [4.69, 9.17) is 5.11 Å². The van der Waals surface area contributed by atoms with Gasteiger partial charge < -0.3 is 15.1 Å². The molecule has 0 aliphatic heterocycles. The molecule has 0 spiro atoms. The van der Waals surface area contributed by atoms with Crippen molar-refractivity contribution in [3.8, 4) is 0 Å². The molecule has 0 aliphatic carbocycles. The fourth-order valence-corrected chi connectivity index (χ4v) is 1.38. The summed E-state index contributed by atoms with van der Waals surface area (Å²) in [5.41, 5.74) is 0. The summed E-state index contributed by atoms with van der Waals surface area (Å²) in [4.78, 5) is 24.5. The Morgan fingerprint density at radius 3 is 2.25 bits per heavy atom. The molecule has 0 aliphatic rings. The van der Waals surface area contributed by atoms with Gasteiger partial charge in [-0.1, -0.05) is 0 Å². The zero-order valence-corrected chi connectivity index (χ0v) is 8.34. The lowest BCUT2D eigenvalue weighted by atomic mass is 10.2. The Kier molecular flexibility index (Phi) is 2.97. The first kappa shape index (κ1) is 10.4. The lowest BCUT2D eigenvalue weighted by molar-refractivity contribution is -0.136. The molecule has 0 fully saturated rings. The molecule has 2 aromatic heterocycles. The number of nitrogens with one attached hydrogen (secondary N) is 3. The monoisotopic (exact) mass is 221 g/mol. The van der Waals surface area contributed by atoms with Gasteiger partial charge in [-0.25, -0.2) is 9.97 Å². The molecule has 0 atom stereocenters. The van der Waals surface area contributed by atoms with Gasteiger partial charge in [0.2, 0.25) is 0 Å². The van der Waals surface area contributed by atoms with Crippen LogP contribution in [0.2, 0.25) is 0 Å². The number of carboxylic acid groups (broad SMARTS) is 1. The highest BCUT2D eigenvalue weighted by molar-refractivity contribution is 5.69. The second kappa shape index (κ2) is 4.58. The van der Waals surface area contributed by atoms with Crippen molar-refractivity contribution in [1.29, 1.82) is 0 Å². The Bertz CT molecular complexity index is 402. The predicted octanol–water partition coefficient (Wildman–Crippen LogP) is -0.104. The molecule has 0 aromatic carbocycles. The van der Waals surface area contributed by atoms with Gasteiger partial charge in [0.15, 0.2) is 0 Å². The number of aromatic nitrogens is 4. The van der Waals surface area contributed by atoms with Crippen molar-refractivity contribution in [3.63, 3.8) is 0 Å². The Morgan fingerprint density at radius 1 is 1.31 bits per heavy atom. The second-order valence-corrected chi connectivity index (χ2v) is 3.16. The number of rotatable bonds is 5. The lowest BCUT2D eigenvalue weighted by Gasteiger charge is -2.12. The summed E-state index contributed by atoms with van der Waals surface area (Å²) in [5.74, 6) is 0.315. The SMILES string of the molecule is O=C(O)CNC(c1ncc[nH]1)c1ncc[nH]1. The van der Waals surface area contributed by atoms with Gasteiger partial charge in [-0.3, -0.25) is 10.1 Å². The minimum Gasteiger partial charge on any atom is -0.480 e. The quantitative estimate of drug-likeness (QED) is 0.564. The molecule has 0 saturated carbocycles. The van der Waals surface area contributed by atoms with Crippen LogP contribution in [0.4, 0.5) is 0 Å². The Labute approximate surface area is 90.9 Å². The molecule has 16 heavy (non-hydrogen) atoms. The molecule has 2 aromatic rings. The summed E-state index contributed by atoms with van der Waals surface area (Å²) < 4.78 is 0. The largest absolute Gasteiger partial charge is 0.480 e. The maximum Gasteiger partial charge on any atom is 0.317 e. The topological polar surface area (TPSA) is 107 Å². The molecule has 84 valence electrons. The summed E-state index contributed by atoms with van der Waals surface area (Å²) in [5, 5.41) is 11.5. The van der Waals surface area contributed by atoms with E-state index in [1.54, 1.807) is 24.8 Å². The van der Waals surface area contributed by atoms with Gasteiger partial charge in [0.25, 0.3) is 0 Å². The van der Waals surface area contributed by atoms with E-state index in [2.05, 4.69) is 25.3 Å². The molecule has 7 heteroatoms. The van der Waals surface area contributed by atoms with Crippen molar-refractivity contribution in [1.82, 2.24) is 25.3 Å². The van der Waals surface area contributed by atoms with E-state index in [1.807, 2.05) is 0 Å². The number of carboxylic acids is 1. The summed E-state index contributed by atoms with van der Waals surface area (Å²) in [6.07, 6.45) is 6.56. The number of aromatic amines is 2. The average molecular weight is 221 g/mol. The molecule has 2 heterocycles. The smallest absolute Gasteiger partial charge is 0.317 e. The van der Waals surface area contributed by atoms with Gasteiger partial charge in [0.1, 0.15) is 17.7 Å². The van der Waals surface area contributed by atoms with Crippen LogP contribution in [-0.4, -0.2) is 37.6 Å². The molecular formula is C9H11N5O2. The third kappa shape index (κ3) is 2.26. The number of imidazole rings is 2. The van der Waals surface area contributed by atoms with E-state index in [-0.39, 0.29) is 12.6 Å². The second-order valence-electron chi connectivity index (χ2n) is 3.16. The molecule has 7 nitrogen and oxygen atoms in total. The first-order valence-electron chi connectivity index (χ1n) is 4.71. The Balaban J connectivity index is 2.17. The third-order valence-electron chi connectivity index (χ3n) is 2.04. The van der Waals surface area contributed by atoms with Crippen molar-refractivity contribution >= 4 is 5.97 Å². The van der Waals surface area contributed by atoms with Gasteiger partial charge in [-0.2, -0.15) is 0 Å². The maximum atomic E-state index is 10.5. The normalized spacial score (nSPS) is 10.8. The van der Waals surface area contributed by atoms with Crippen molar-refractivity contribution in [3.05, 3.63) is 36.4 Å². The van der Waals surface area contributed by atoms with E-state index in [0.717, 1.165) is 0 Å². The van der Waals surface area contributed by atoms with Crippen LogP contribution < -0.4 is 5.32 Å². The van der Waals surface area contributed by atoms with E-state index in [0.29, 0.717) is 11.6 Å². The first-order chi connectivity index (χ1) is 7.77. The number of hydrogen-bond donors (Lipinski definition) is 4. The van der Waals surface area contributed by atoms with E-state index >= 15 is 0 Å². The van der Waals surface area contributed by atoms with Gasteiger partial charge in [0, 0.05) is 24.8 Å². The van der Waals surface area contributed by atoms with Gasteiger partial charge in [-0.05, 0) is 0 Å². The van der Waals surface area contributed by atoms with Crippen LogP contribution in [-0.2, 0) is 4.79 Å². The van der Waals surface area contributed by atoms with Crippen LogP contribution in [0.1, 0.15) is 17.7 Å². The van der Waals surface area contributed by atoms with Crippen LogP contribution in [0, 0.1) is 0 Å². The van der Waals surface area contributed by atoms with Crippen LogP contribution >= 0.6 is 0 Å². The van der Waals surface area contributed by atoms with Crippen molar-refractivity contribution in [2.45, 2.75) is 6.04 Å². The van der Waals surface area contributed by atoms with E-state index in [9.17, 15) is 4.79 Å². The molecule has 0 bridgehead atoms. The number of nitrogens with zero attached hydrogens (tertiary/aromatic N) is 2. The number of carbonyl (C=O) groups is 1. The maximum absolute atomic E-state index is 10.5. The van der Waals surface area contributed by atoms with Gasteiger partial charge in [0.05, 0.1) is 6.54 Å². The van der Waals surface area contributed by atoms with E-state index < -0.39 is 5.97 Å². The zero-order valence-electron chi connectivity index (χ0n) is 8.34. The highest BCUT2D eigenvalue weighted by Gasteiger charge is 2.18. The van der Waals surface area contributed by atoms with Crippen LogP contribution in [0.3, 0.4) is 0 Å². The highest BCUT2D eigenvalue weighted by Crippen LogP contribution is 2.13. The molecule has 0 amide bonds. The molecule has 0 saturated heterocycles. The minimum atomic E-state index is -0.928. The number of aliphatic carboxylic acids is 1.